The van der Waals surface area contributed by atoms with Crippen LogP contribution < -0.4 is 10.2 Å². The number of nitrogens with one attached hydrogen (secondary N) is 1. The van der Waals surface area contributed by atoms with Crippen LogP contribution in [0.4, 0.5) is 10.5 Å². The Morgan fingerprint density at radius 3 is 2.27 bits per heavy atom. The number of hydrogen-bond donors (Lipinski definition) is 1. The Morgan fingerprint density at radius 1 is 1.03 bits per heavy atom. The van der Waals surface area contributed by atoms with Gasteiger partial charge in [-0.3, -0.25) is 19.4 Å². The Morgan fingerprint density at radius 2 is 1.67 bits per heavy atom. The lowest BCUT2D eigenvalue weighted by molar-refractivity contribution is -0.135. The van der Waals surface area contributed by atoms with E-state index in [1.807, 2.05) is 50.2 Å². The predicted octanol–water partition coefficient (Wildman–Crippen LogP) is 5.39. The molecule has 0 aromatic heterocycles. The maximum atomic E-state index is 13.6. The van der Waals surface area contributed by atoms with Crippen LogP contribution in [-0.4, -0.2) is 34.8 Å². The number of amides is 4. The lowest BCUT2D eigenvalue weighted by atomic mass is 9.80. The van der Waals surface area contributed by atoms with Gasteiger partial charge in [0, 0.05) is 10.7 Å². The highest BCUT2D eigenvalue weighted by Gasteiger charge is 2.58. The Balaban J connectivity index is 1.56. The number of aryl methyl sites for hydroxylation is 1. The Hall–Kier alpha value is -2.86. The number of anilines is 1. The fourth-order valence-electron chi connectivity index (χ4n) is 5.00. The zero-order valence-electron chi connectivity index (χ0n) is 19.1. The van der Waals surface area contributed by atoms with Crippen LogP contribution >= 0.6 is 11.6 Å². The predicted molar refractivity (Wildman–Crippen MR) is 129 cm³/mol. The van der Waals surface area contributed by atoms with Crippen molar-refractivity contribution in [1.82, 2.24) is 10.2 Å². The number of hydrogen-bond acceptors (Lipinski definition) is 3. The molecule has 2 aromatic rings. The number of carbonyl (C=O) groups excluding carboxylic acids is 3. The van der Waals surface area contributed by atoms with Gasteiger partial charge in [-0.25, -0.2) is 4.79 Å². The molecule has 1 unspecified atom stereocenters. The van der Waals surface area contributed by atoms with Crippen LogP contribution in [0.2, 0.25) is 5.02 Å². The fraction of sp³-hybridized carbons (Fsp3) is 0.423. The minimum absolute atomic E-state index is 0.223. The molecule has 1 spiro atoms. The number of halogens is 1. The lowest BCUT2D eigenvalue weighted by Crippen LogP contribution is -2.51. The molecule has 1 heterocycles. The fourth-order valence-corrected chi connectivity index (χ4v) is 5.13. The van der Waals surface area contributed by atoms with Crippen molar-refractivity contribution < 1.29 is 14.4 Å². The van der Waals surface area contributed by atoms with Gasteiger partial charge in [-0.05, 0) is 56.0 Å². The Bertz CT molecular complexity index is 1030. The van der Waals surface area contributed by atoms with Crippen LogP contribution in [0.15, 0.2) is 48.5 Å². The zero-order valence-corrected chi connectivity index (χ0v) is 19.9. The van der Waals surface area contributed by atoms with E-state index in [0.717, 1.165) is 35.3 Å². The third-order valence-corrected chi connectivity index (χ3v) is 7.04. The number of nitrogens with zero attached hydrogens (tertiary/aromatic N) is 2. The first-order chi connectivity index (χ1) is 15.9. The molecule has 33 heavy (non-hydrogen) atoms. The molecule has 4 amide bonds. The minimum Gasteiger partial charge on any atom is -0.348 e. The monoisotopic (exact) mass is 467 g/mol. The summed E-state index contributed by atoms with van der Waals surface area (Å²) in [4.78, 5) is 42.8. The van der Waals surface area contributed by atoms with Gasteiger partial charge in [0.15, 0.2) is 0 Å². The smallest absolute Gasteiger partial charge is 0.332 e. The van der Waals surface area contributed by atoms with Gasteiger partial charge in [0.05, 0.1) is 6.04 Å². The van der Waals surface area contributed by atoms with Crippen LogP contribution in [0.1, 0.15) is 62.6 Å². The van der Waals surface area contributed by atoms with E-state index in [0.29, 0.717) is 30.0 Å². The van der Waals surface area contributed by atoms with Crippen LogP contribution in [0.25, 0.3) is 0 Å². The summed E-state index contributed by atoms with van der Waals surface area (Å²) in [6.45, 7) is 3.67. The first-order valence-electron chi connectivity index (χ1n) is 11.6. The third kappa shape index (κ3) is 4.49. The summed E-state index contributed by atoms with van der Waals surface area (Å²) in [6.07, 6.45) is 4.73. The van der Waals surface area contributed by atoms with E-state index in [1.54, 1.807) is 17.0 Å². The molecule has 0 bridgehead atoms. The van der Waals surface area contributed by atoms with E-state index < -0.39 is 11.6 Å². The summed E-state index contributed by atoms with van der Waals surface area (Å²) in [6, 6.07) is 14.3. The number of urea groups is 1. The van der Waals surface area contributed by atoms with Crippen molar-refractivity contribution in [3.8, 4) is 0 Å². The average Bonchev–Trinajstić information content (AvgIpc) is 3.00. The molecule has 0 radical (unpaired) electrons. The Kier molecular flexibility index (Phi) is 6.75. The topological polar surface area (TPSA) is 69.7 Å². The van der Waals surface area contributed by atoms with E-state index in [4.69, 9.17) is 11.6 Å². The molecule has 174 valence electrons. The molecular formula is C26H30ClN3O3. The van der Waals surface area contributed by atoms with Crippen molar-refractivity contribution >= 4 is 35.1 Å². The van der Waals surface area contributed by atoms with Crippen molar-refractivity contribution in [3.05, 3.63) is 64.7 Å². The van der Waals surface area contributed by atoms with Crippen molar-refractivity contribution in [2.75, 3.05) is 11.4 Å². The molecule has 1 saturated carbocycles. The minimum atomic E-state index is -0.898. The third-order valence-electron chi connectivity index (χ3n) is 6.78. The molecular weight excluding hydrogens is 438 g/mol. The average molecular weight is 468 g/mol. The molecule has 1 aliphatic carbocycles. The van der Waals surface area contributed by atoms with Gasteiger partial charge in [-0.1, -0.05) is 67.6 Å². The second-order valence-electron chi connectivity index (χ2n) is 9.02. The number of rotatable bonds is 6. The molecule has 1 atom stereocenters. The normalized spacial score (nSPS) is 18.6. The molecule has 4 rings (SSSR count). The SMILES string of the molecule is CCC(NC(=O)CN1C(=O)N(c2ccc(C)cc2)C2(CCCCC2)C1=O)c1ccc(Cl)cc1. The van der Waals surface area contributed by atoms with Crippen LogP contribution in [0.3, 0.4) is 0 Å². The van der Waals surface area contributed by atoms with E-state index in [2.05, 4.69) is 5.32 Å². The lowest BCUT2D eigenvalue weighted by Gasteiger charge is -2.38. The number of carbonyl (C=O) groups is 3. The van der Waals surface area contributed by atoms with Gasteiger partial charge in [0.25, 0.3) is 5.91 Å². The molecule has 2 fully saturated rings. The highest BCUT2D eigenvalue weighted by Crippen LogP contribution is 2.43. The van der Waals surface area contributed by atoms with Crippen molar-refractivity contribution in [3.63, 3.8) is 0 Å². The van der Waals surface area contributed by atoms with E-state index in [1.165, 1.54) is 0 Å². The van der Waals surface area contributed by atoms with Gasteiger partial charge >= 0.3 is 6.03 Å². The largest absolute Gasteiger partial charge is 0.348 e. The Labute approximate surface area is 199 Å². The van der Waals surface area contributed by atoms with Gasteiger partial charge in [0.1, 0.15) is 12.1 Å². The molecule has 7 heteroatoms. The van der Waals surface area contributed by atoms with Crippen molar-refractivity contribution in [2.24, 2.45) is 0 Å². The zero-order chi connectivity index (χ0) is 23.6. The highest BCUT2D eigenvalue weighted by molar-refractivity contribution is 6.30. The maximum Gasteiger partial charge on any atom is 0.332 e. The summed E-state index contributed by atoms with van der Waals surface area (Å²) in [7, 11) is 0. The molecule has 6 nitrogen and oxygen atoms in total. The highest BCUT2D eigenvalue weighted by atomic mass is 35.5. The van der Waals surface area contributed by atoms with Crippen LogP contribution in [0, 0.1) is 6.92 Å². The molecule has 1 saturated heterocycles. The molecule has 2 aromatic carbocycles. The molecule has 1 aliphatic heterocycles. The maximum absolute atomic E-state index is 13.6. The molecule has 2 aliphatic rings. The number of benzene rings is 2. The van der Waals surface area contributed by atoms with E-state index in [9.17, 15) is 14.4 Å². The van der Waals surface area contributed by atoms with E-state index in [-0.39, 0.29) is 24.4 Å². The van der Waals surface area contributed by atoms with Crippen LogP contribution in [-0.2, 0) is 9.59 Å². The van der Waals surface area contributed by atoms with Gasteiger partial charge in [0.2, 0.25) is 5.91 Å². The summed E-state index contributed by atoms with van der Waals surface area (Å²) in [5.74, 6) is -0.613. The van der Waals surface area contributed by atoms with Crippen molar-refractivity contribution in [2.45, 2.75) is 64.0 Å². The summed E-state index contributed by atoms with van der Waals surface area (Å²) >= 11 is 5.98. The molecule has 1 N–H and O–H groups in total. The standard InChI is InChI=1S/C26H30ClN3O3/c1-3-22(19-9-11-20(27)12-10-19)28-23(31)17-29-24(32)26(15-5-4-6-16-26)30(25(29)33)21-13-7-18(2)8-14-21/h7-14,22H,3-6,15-17H2,1-2H3,(H,28,31). The first kappa shape index (κ1) is 23.3. The van der Waals surface area contributed by atoms with Gasteiger partial charge in [-0.2, -0.15) is 0 Å². The summed E-state index contributed by atoms with van der Waals surface area (Å²) < 4.78 is 0. The van der Waals surface area contributed by atoms with Crippen LogP contribution in [0.5, 0.6) is 0 Å². The quantitative estimate of drug-likeness (QED) is 0.579. The second-order valence-corrected chi connectivity index (χ2v) is 9.45. The van der Waals surface area contributed by atoms with E-state index >= 15 is 0 Å². The second kappa shape index (κ2) is 9.56. The van der Waals surface area contributed by atoms with Gasteiger partial charge < -0.3 is 5.32 Å². The van der Waals surface area contributed by atoms with Crippen molar-refractivity contribution in [1.29, 1.82) is 0 Å². The summed E-state index contributed by atoms with van der Waals surface area (Å²) in [5.41, 5.74) is 1.82. The first-order valence-corrected chi connectivity index (χ1v) is 12.0. The summed E-state index contributed by atoms with van der Waals surface area (Å²) in [5, 5.41) is 3.60. The number of imide groups is 1. The van der Waals surface area contributed by atoms with Gasteiger partial charge in [-0.15, -0.1) is 0 Å².